The first-order valence-electron chi connectivity index (χ1n) is 8.31. The number of carbonyl (C=O) groups excluding carboxylic acids is 2. The summed E-state index contributed by atoms with van der Waals surface area (Å²) in [5.41, 5.74) is 9.60. The normalized spacial score (nSPS) is 20.6. The van der Waals surface area contributed by atoms with Crippen molar-refractivity contribution in [1.29, 1.82) is 0 Å². The molecule has 2 amide bonds. The Bertz CT molecular complexity index is 586. The third-order valence-electron chi connectivity index (χ3n) is 4.51. The van der Waals surface area contributed by atoms with Crippen LogP contribution in [0.2, 0.25) is 0 Å². The molecule has 1 aromatic rings. The van der Waals surface area contributed by atoms with E-state index in [4.69, 9.17) is 5.73 Å². The molecule has 3 N–H and O–H groups in total. The highest BCUT2D eigenvalue weighted by Crippen LogP contribution is 2.19. The summed E-state index contributed by atoms with van der Waals surface area (Å²) in [4.78, 5) is 26.3. The standard InChI is InChI=1S/C18H27N3O2/c1-4-20-18(23)16-10-15(19)11-21(16)17(22)8-7-14-6-5-12(2)13(3)9-14/h5-6,9,15-16H,4,7-8,10-11,19H2,1-3H3,(H,20,23)/t15-,16+/m1/s1. The molecule has 5 heteroatoms. The Balaban J connectivity index is 1.98. The zero-order valence-corrected chi connectivity index (χ0v) is 14.3. The molecule has 126 valence electrons. The fraction of sp³-hybridized carbons (Fsp3) is 0.556. The van der Waals surface area contributed by atoms with Gasteiger partial charge in [0.25, 0.3) is 0 Å². The number of hydrogen-bond acceptors (Lipinski definition) is 3. The lowest BCUT2D eigenvalue weighted by atomic mass is 10.0. The largest absolute Gasteiger partial charge is 0.355 e. The van der Waals surface area contributed by atoms with Gasteiger partial charge in [-0.2, -0.15) is 0 Å². The van der Waals surface area contributed by atoms with E-state index in [1.54, 1.807) is 4.90 Å². The van der Waals surface area contributed by atoms with Crippen LogP contribution in [0.25, 0.3) is 0 Å². The van der Waals surface area contributed by atoms with Gasteiger partial charge in [0, 0.05) is 25.6 Å². The number of nitrogens with two attached hydrogens (primary N) is 1. The van der Waals surface area contributed by atoms with Crippen LogP contribution in [-0.2, 0) is 16.0 Å². The van der Waals surface area contributed by atoms with Crippen molar-refractivity contribution in [1.82, 2.24) is 10.2 Å². The first-order chi connectivity index (χ1) is 10.9. The van der Waals surface area contributed by atoms with Gasteiger partial charge in [-0.15, -0.1) is 0 Å². The molecular weight excluding hydrogens is 290 g/mol. The van der Waals surface area contributed by atoms with E-state index in [-0.39, 0.29) is 17.9 Å². The first-order valence-corrected chi connectivity index (χ1v) is 8.31. The lowest BCUT2D eigenvalue weighted by molar-refractivity contribution is -0.138. The Kier molecular flexibility index (Phi) is 5.77. The van der Waals surface area contributed by atoms with Crippen molar-refractivity contribution in [2.24, 2.45) is 5.73 Å². The number of hydrogen-bond donors (Lipinski definition) is 2. The Labute approximate surface area is 138 Å². The van der Waals surface area contributed by atoms with Crippen molar-refractivity contribution in [2.75, 3.05) is 13.1 Å². The summed E-state index contributed by atoms with van der Waals surface area (Å²) in [5, 5.41) is 2.79. The van der Waals surface area contributed by atoms with Gasteiger partial charge in [0.05, 0.1) is 0 Å². The van der Waals surface area contributed by atoms with Crippen LogP contribution in [0.5, 0.6) is 0 Å². The van der Waals surface area contributed by atoms with E-state index in [0.717, 1.165) is 5.56 Å². The second kappa shape index (κ2) is 7.59. The van der Waals surface area contributed by atoms with Crippen molar-refractivity contribution >= 4 is 11.8 Å². The van der Waals surface area contributed by atoms with E-state index in [2.05, 4.69) is 37.4 Å². The van der Waals surface area contributed by atoms with Crippen molar-refractivity contribution in [2.45, 2.75) is 52.1 Å². The van der Waals surface area contributed by atoms with Crippen LogP contribution >= 0.6 is 0 Å². The maximum absolute atomic E-state index is 12.5. The van der Waals surface area contributed by atoms with Gasteiger partial charge in [0.2, 0.25) is 11.8 Å². The number of carbonyl (C=O) groups is 2. The minimum atomic E-state index is -0.419. The average molecular weight is 317 g/mol. The number of likely N-dealkylation sites (tertiary alicyclic amines) is 1. The van der Waals surface area contributed by atoms with Crippen LogP contribution in [0, 0.1) is 13.8 Å². The molecule has 1 aliphatic rings. The first kappa shape index (κ1) is 17.5. The molecule has 5 nitrogen and oxygen atoms in total. The highest BCUT2D eigenvalue weighted by Gasteiger charge is 2.37. The summed E-state index contributed by atoms with van der Waals surface area (Å²) >= 11 is 0. The second-order valence-corrected chi connectivity index (χ2v) is 6.37. The summed E-state index contributed by atoms with van der Waals surface area (Å²) in [6.07, 6.45) is 1.64. The molecule has 2 atom stereocenters. The molecular formula is C18H27N3O2. The molecule has 1 heterocycles. The monoisotopic (exact) mass is 317 g/mol. The molecule has 0 unspecified atom stereocenters. The molecule has 0 bridgehead atoms. The van der Waals surface area contributed by atoms with Gasteiger partial charge in [0.15, 0.2) is 0 Å². The molecule has 0 aromatic heterocycles. The fourth-order valence-electron chi connectivity index (χ4n) is 3.04. The van der Waals surface area contributed by atoms with Gasteiger partial charge in [-0.25, -0.2) is 0 Å². The van der Waals surface area contributed by atoms with Crippen molar-refractivity contribution in [3.63, 3.8) is 0 Å². The third kappa shape index (κ3) is 4.32. The zero-order chi connectivity index (χ0) is 17.0. The number of nitrogens with zero attached hydrogens (tertiary/aromatic N) is 1. The SMILES string of the molecule is CCNC(=O)[C@@H]1C[C@@H](N)CN1C(=O)CCc1ccc(C)c(C)c1. The van der Waals surface area contributed by atoms with Crippen LogP contribution in [-0.4, -0.2) is 41.9 Å². The maximum Gasteiger partial charge on any atom is 0.242 e. The van der Waals surface area contributed by atoms with E-state index < -0.39 is 6.04 Å². The average Bonchev–Trinajstić information content (AvgIpc) is 2.90. The van der Waals surface area contributed by atoms with Crippen LogP contribution in [0.1, 0.15) is 36.5 Å². The predicted molar refractivity (Wildman–Crippen MR) is 91.0 cm³/mol. The highest BCUT2D eigenvalue weighted by molar-refractivity contribution is 5.88. The second-order valence-electron chi connectivity index (χ2n) is 6.37. The summed E-state index contributed by atoms with van der Waals surface area (Å²) < 4.78 is 0. The molecule has 0 spiro atoms. The quantitative estimate of drug-likeness (QED) is 0.859. The Morgan fingerprint density at radius 3 is 2.70 bits per heavy atom. The maximum atomic E-state index is 12.5. The molecule has 1 saturated heterocycles. The lowest BCUT2D eigenvalue weighted by Crippen LogP contribution is -2.46. The number of amides is 2. The van der Waals surface area contributed by atoms with Crippen LogP contribution in [0.3, 0.4) is 0 Å². The Morgan fingerprint density at radius 2 is 2.04 bits per heavy atom. The summed E-state index contributed by atoms with van der Waals surface area (Å²) in [5.74, 6) is -0.0904. The van der Waals surface area contributed by atoms with Gasteiger partial charge in [-0.1, -0.05) is 18.2 Å². The smallest absolute Gasteiger partial charge is 0.242 e. The van der Waals surface area contributed by atoms with E-state index in [0.29, 0.717) is 32.4 Å². The van der Waals surface area contributed by atoms with E-state index >= 15 is 0 Å². The molecule has 0 aliphatic carbocycles. The minimum Gasteiger partial charge on any atom is -0.355 e. The number of likely N-dealkylation sites (N-methyl/N-ethyl adjacent to an activating group) is 1. The highest BCUT2D eigenvalue weighted by atomic mass is 16.2. The molecule has 0 saturated carbocycles. The Hall–Kier alpha value is -1.88. The number of nitrogens with one attached hydrogen (secondary N) is 1. The summed E-state index contributed by atoms with van der Waals surface area (Å²) in [6, 6.07) is 5.73. The molecule has 0 radical (unpaired) electrons. The van der Waals surface area contributed by atoms with E-state index in [1.807, 2.05) is 6.92 Å². The van der Waals surface area contributed by atoms with Gasteiger partial charge < -0.3 is 16.0 Å². The van der Waals surface area contributed by atoms with E-state index in [1.165, 1.54) is 11.1 Å². The zero-order valence-electron chi connectivity index (χ0n) is 14.3. The van der Waals surface area contributed by atoms with Gasteiger partial charge in [0.1, 0.15) is 6.04 Å². The van der Waals surface area contributed by atoms with E-state index in [9.17, 15) is 9.59 Å². The molecule has 1 aliphatic heterocycles. The summed E-state index contributed by atoms with van der Waals surface area (Å²) in [7, 11) is 0. The number of rotatable bonds is 5. The van der Waals surface area contributed by atoms with Gasteiger partial charge in [-0.3, -0.25) is 9.59 Å². The summed E-state index contributed by atoms with van der Waals surface area (Å²) in [6.45, 7) is 7.06. The molecule has 1 aromatic carbocycles. The van der Waals surface area contributed by atoms with Gasteiger partial charge >= 0.3 is 0 Å². The fourth-order valence-corrected chi connectivity index (χ4v) is 3.04. The third-order valence-corrected chi connectivity index (χ3v) is 4.51. The molecule has 23 heavy (non-hydrogen) atoms. The molecule has 2 rings (SSSR count). The molecule has 1 fully saturated rings. The van der Waals surface area contributed by atoms with Crippen molar-refractivity contribution < 1.29 is 9.59 Å². The van der Waals surface area contributed by atoms with Crippen LogP contribution in [0.4, 0.5) is 0 Å². The minimum absolute atomic E-state index is 0.00688. The topological polar surface area (TPSA) is 75.4 Å². The van der Waals surface area contributed by atoms with Gasteiger partial charge in [-0.05, 0) is 50.3 Å². The van der Waals surface area contributed by atoms with Crippen LogP contribution < -0.4 is 11.1 Å². The number of benzene rings is 1. The predicted octanol–water partition coefficient (Wildman–Crippen LogP) is 1.30. The van der Waals surface area contributed by atoms with Crippen molar-refractivity contribution in [3.05, 3.63) is 34.9 Å². The Morgan fingerprint density at radius 1 is 1.30 bits per heavy atom. The lowest BCUT2D eigenvalue weighted by Gasteiger charge is -2.23. The van der Waals surface area contributed by atoms with Crippen molar-refractivity contribution in [3.8, 4) is 0 Å². The number of aryl methyl sites for hydroxylation is 3. The van der Waals surface area contributed by atoms with Crippen LogP contribution in [0.15, 0.2) is 18.2 Å².